The predicted molar refractivity (Wildman–Crippen MR) is 91.5 cm³/mol. The molecule has 0 spiro atoms. The molecule has 1 fully saturated rings. The Labute approximate surface area is 145 Å². The molecular formula is C13H19BrCl2N2O2S. The van der Waals surface area contributed by atoms with Gasteiger partial charge in [-0.05, 0) is 30.0 Å². The number of sulfonamides is 1. The van der Waals surface area contributed by atoms with Gasteiger partial charge in [0.05, 0.1) is 5.02 Å². The lowest BCUT2D eigenvalue weighted by molar-refractivity contribution is 0.155. The maximum absolute atomic E-state index is 12.7. The largest absolute Gasteiger partial charge is 0.327 e. The van der Waals surface area contributed by atoms with Gasteiger partial charge in [-0.25, -0.2) is 8.42 Å². The molecule has 0 radical (unpaired) electrons. The fourth-order valence-electron chi connectivity index (χ4n) is 2.35. The molecule has 21 heavy (non-hydrogen) atoms. The van der Waals surface area contributed by atoms with Gasteiger partial charge in [0.25, 0.3) is 0 Å². The van der Waals surface area contributed by atoms with Gasteiger partial charge in [-0.3, -0.25) is 0 Å². The Hall–Kier alpha value is 0.150. The van der Waals surface area contributed by atoms with Crippen molar-refractivity contribution in [3.63, 3.8) is 0 Å². The third kappa shape index (κ3) is 3.92. The highest BCUT2D eigenvalue weighted by Gasteiger charge is 2.39. The first-order chi connectivity index (χ1) is 9.14. The minimum Gasteiger partial charge on any atom is -0.327 e. The van der Waals surface area contributed by atoms with E-state index in [4.69, 9.17) is 17.3 Å². The van der Waals surface area contributed by atoms with Crippen LogP contribution in [0.4, 0.5) is 0 Å². The van der Waals surface area contributed by atoms with Crippen molar-refractivity contribution in [3.8, 4) is 0 Å². The number of nitrogens with two attached hydrogens (primary N) is 1. The van der Waals surface area contributed by atoms with Crippen LogP contribution < -0.4 is 5.73 Å². The van der Waals surface area contributed by atoms with Crippen molar-refractivity contribution < 1.29 is 8.42 Å². The Bertz CT molecular complexity index is 623. The molecule has 2 rings (SSSR count). The number of hydrogen-bond donors (Lipinski definition) is 1. The van der Waals surface area contributed by atoms with Gasteiger partial charge >= 0.3 is 0 Å². The van der Waals surface area contributed by atoms with Gasteiger partial charge in [0.1, 0.15) is 4.90 Å². The summed E-state index contributed by atoms with van der Waals surface area (Å²) in [6.07, 6.45) is 0.653. The highest BCUT2D eigenvalue weighted by atomic mass is 79.9. The maximum Gasteiger partial charge on any atom is 0.244 e. The second-order valence-corrected chi connectivity index (χ2v) is 9.03. The molecule has 1 aromatic rings. The van der Waals surface area contributed by atoms with Gasteiger partial charge < -0.3 is 5.73 Å². The molecule has 1 aliphatic heterocycles. The molecule has 2 N–H and O–H groups in total. The number of benzene rings is 1. The Kier molecular flexibility index (Phi) is 6.15. The quantitative estimate of drug-likeness (QED) is 0.802. The fraction of sp³-hybridized carbons (Fsp3) is 0.538. The van der Waals surface area contributed by atoms with Gasteiger partial charge in [-0.15, -0.1) is 12.4 Å². The Morgan fingerprint density at radius 2 is 2.05 bits per heavy atom. The summed E-state index contributed by atoms with van der Waals surface area (Å²) in [6, 6.07) is 4.81. The first kappa shape index (κ1) is 19.2. The molecule has 0 saturated carbocycles. The zero-order valence-electron chi connectivity index (χ0n) is 11.8. The monoisotopic (exact) mass is 416 g/mol. The molecule has 0 aliphatic carbocycles. The Morgan fingerprint density at radius 1 is 1.43 bits per heavy atom. The molecule has 0 aromatic heterocycles. The Morgan fingerprint density at radius 3 is 2.57 bits per heavy atom. The van der Waals surface area contributed by atoms with Gasteiger partial charge in [0.15, 0.2) is 0 Å². The first-order valence-corrected chi connectivity index (χ1v) is 8.96. The minimum atomic E-state index is -3.58. The van der Waals surface area contributed by atoms with Gasteiger partial charge in [0.2, 0.25) is 10.0 Å². The summed E-state index contributed by atoms with van der Waals surface area (Å²) in [7, 11) is -3.58. The van der Waals surface area contributed by atoms with Crippen LogP contribution in [0.2, 0.25) is 5.02 Å². The van der Waals surface area contributed by atoms with Crippen LogP contribution >= 0.6 is 39.9 Å². The summed E-state index contributed by atoms with van der Waals surface area (Å²) < 4.78 is 27.6. The molecule has 1 unspecified atom stereocenters. The van der Waals surface area contributed by atoms with E-state index in [0.717, 1.165) is 4.47 Å². The van der Waals surface area contributed by atoms with Crippen molar-refractivity contribution in [2.75, 3.05) is 13.1 Å². The lowest BCUT2D eigenvalue weighted by Gasteiger charge is -2.41. The first-order valence-electron chi connectivity index (χ1n) is 6.35. The van der Waals surface area contributed by atoms with Crippen LogP contribution in [0.1, 0.15) is 20.3 Å². The average Bonchev–Trinajstić information content (AvgIpc) is 2.31. The summed E-state index contributed by atoms with van der Waals surface area (Å²) in [5.41, 5.74) is 5.81. The molecule has 1 saturated heterocycles. The smallest absolute Gasteiger partial charge is 0.244 e. The summed E-state index contributed by atoms with van der Waals surface area (Å²) in [6.45, 7) is 4.81. The SMILES string of the molecule is CC1(C)CN(S(=O)(=O)c2ccc(Br)cc2Cl)CCC1N.Cl. The number of halogens is 3. The standard InChI is InChI=1S/C13H18BrClN2O2S.ClH/c1-13(2)8-17(6-5-12(13)16)20(18,19)11-4-3-9(14)7-10(11)15;/h3-4,7,12H,5-6,8,16H2,1-2H3;1H. The zero-order valence-corrected chi connectivity index (χ0v) is 15.8. The highest BCUT2D eigenvalue weighted by Crippen LogP contribution is 2.33. The topological polar surface area (TPSA) is 63.4 Å². The van der Waals surface area contributed by atoms with E-state index in [2.05, 4.69) is 15.9 Å². The van der Waals surface area contributed by atoms with Gasteiger partial charge in [-0.2, -0.15) is 4.31 Å². The summed E-state index contributed by atoms with van der Waals surface area (Å²) >= 11 is 9.35. The van der Waals surface area contributed by atoms with E-state index in [1.54, 1.807) is 12.1 Å². The summed E-state index contributed by atoms with van der Waals surface area (Å²) in [4.78, 5) is 0.147. The number of piperidine rings is 1. The molecule has 0 amide bonds. The van der Waals surface area contributed by atoms with Crippen LogP contribution in [0.3, 0.4) is 0 Å². The molecule has 1 aliphatic rings. The minimum absolute atomic E-state index is 0. The van der Waals surface area contributed by atoms with Crippen molar-refractivity contribution >= 4 is 50.0 Å². The van der Waals surface area contributed by atoms with Crippen molar-refractivity contribution in [1.29, 1.82) is 0 Å². The maximum atomic E-state index is 12.7. The lowest BCUT2D eigenvalue weighted by Crippen LogP contribution is -2.53. The van der Waals surface area contributed by atoms with Crippen molar-refractivity contribution in [3.05, 3.63) is 27.7 Å². The van der Waals surface area contributed by atoms with Gasteiger partial charge in [0, 0.05) is 23.6 Å². The van der Waals surface area contributed by atoms with Gasteiger partial charge in [-0.1, -0.05) is 41.4 Å². The third-order valence-corrected chi connectivity index (χ3v) is 6.61. The second kappa shape index (κ2) is 6.72. The van der Waals surface area contributed by atoms with E-state index in [0.29, 0.717) is 19.5 Å². The predicted octanol–water partition coefficient (Wildman–Crippen LogP) is 3.27. The van der Waals surface area contributed by atoms with Crippen LogP contribution in [0.25, 0.3) is 0 Å². The van der Waals surface area contributed by atoms with Crippen LogP contribution in [0.5, 0.6) is 0 Å². The van der Waals surface area contributed by atoms with Crippen LogP contribution in [-0.4, -0.2) is 31.9 Å². The summed E-state index contributed by atoms with van der Waals surface area (Å²) in [5.74, 6) is 0. The van der Waals surface area contributed by atoms with Crippen molar-refractivity contribution in [2.45, 2.75) is 31.2 Å². The lowest BCUT2D eigenvalue weighted by atomic mass is 9.81. The molecule has 120 valence electrons. The number of nitrogens with zero attached hydrogens (tertiary/aromatic N) is 1. The average molecular weight is 418 g/mol. The van der Waals surface area contributed by atoms with E-state index < -0.39 is 10.0 Å². The van der Waals surface area contributed by atoms with E-state index in [-0.39, 0.29) is 33.8 Å². The molecule has 8 heteroatoms. The van der Waals surface area contributed by atoms with E-state index in [9.17, 15) is 8.42 Å². The molecule has 1 atom stereocenters. The Balaban J connectivity index is 0.00000220. The van der Waals surface area contributed by atoms with E-state index >= 15 is 0 Å². The molecule has 1 heterocycles. The van der Waals surface area contributed by atoms with Crippen LogP contribution in [-0.2, 0) is 10.0 Å². The molecule has 1 aromatic carbocycles. The van der Waals surface area contributed by atoms with Crippen LogP contribution in [0.15, 0.2) is 27.6 Å². The normalized spacial score (nSPS) is 22.6. The van der Waals surface area contributed by atoms with Crippen LogP contribution in [0, 0.1) is 5.41 Å². The van der Waals surface area contributed by atoms with Crippen molar-refractivity contribution in [1.82, 2.24) is 4.31 Å². The fourth-order valence-corrected chi connectivity index (χ4v) is 4.99. The highest BCUT2D eigenvalue weighted by molar-refractivity contribution is 9.10. The zero-order chi connectivity index (χ0) is 15.1. The number of rotatable bonds is 2. The third-order valence-electron chi connectivity index (χ3n) is 3.79. The second-order valence-electron chi connectivity index (χ2n) is 5.80. The summed E-state index contributed by atoms with van der Waals surface area (Å²) in [5, 5.41) is 0.229. The molecule has 0 bridgehead atoms. The molecular weight excluding hydrogens is 399 g/mol. The van der Waals surface area contributed by atoms with E-state index in [1.807, 2.05) is 13.8 Å². The molecule has 4 nitrogen and oxygen atoms in total. The number of hydrogen-bond acceptors (Lipinski definition) is 3. The van der Waals surface area contributed by atoms with E-state index in [1.165, 1.54) is 10.4 Å². The van der Waals surface area contributed by atoms with Crippen molar-refractivity contribution in [2.24, 2.45) is 11.1 Å².